The van der Waals surface area contributed by atoms with Crippen LogP contribution in [0, 0.1) is 13.8 Å². The summed E-state index contributed by atoms with van der Waals surface area (Å²) in [5.74, 6) is -1.06. The Hall–Kier alpha value is -3.55. The van der Waals surface area contributed by atoms with Gasteiger partial charge in [-0.05, 0) is 49.2 Å². The summed E-state index contributed by atoms with van der Waals surface area (Å²) in [6.07, 6.45) is 0. The maximum absolute atomic E-state index is 12.3. The largest absolute Gasteiger partial charge is 0.441 e. The van der Waals surface area contributed by atoms with Crippen molar-refractivity contribution in [3.05, 3.63) is 69.5 Å². The van der Waals surface area contributed by atoms with E-state index < -0.39 is 11.5 Å². The molecule has 0 bridgehead atoms. The van der Waals surface area contributed by atoms with E-state index in [0.29, 0.717) is 16.5 Å². The van der Waals surface area contributed by atoms with Crippen LogP contribution in [0.4, 0.5) is 0 Å². The van der Waals surface area contributed by atoms with E-state index in [1.165, 1.54) is 0 Å². The summed E-state index contributed by atoms with van der Waals surface area (Å²) in [7, 11) is 0. The van der Waals surface area contributed by atoms with Gasteiger partial charge in [0.25, 0.3) is 11.5 Å². The molecule has 0 saturated carbocycles. The lowest BCUT2D eigenvalue weighted by Crippen LogP contribution is -2.32. The van der Waals surface area contributed by atoms with E-state index in [1.807, 2.05) is 19.9 Å². The van der Waals surface area contributed by atoms with Crippen LogP contribution in [-0.2, 0) is 16.3 Å². The zero-order valence-corrected chi connectivity index (χ0v) is 14.9. The molecule has 0 radical (unpaired) electrons. The fraction of sp³-hybridized carbons (Fsp3) is 0.211. The van der Waals surface area contributed by atoms with Crippen LogP contribution in [0.1, 0.15) is 21.5 Å². The van der Waals surface area contributed by atoms with E-state index in [1.54, 1.807) is 36.4 Å². The van der Waals surface area contributed by atoms with Crippen molar-refractivity contribution in [2.75, 3.05) is 6.54 Å². The molecule has 0 aliphatic rings. The molecule has 3 aromatic rings. The minimum Gasteiger partial charge on any atom is -0.441 e. The number of nitrogens with one attached hydrogen (secondary N) is 1. The van der Waals surface area contributed by atoms with Gasteiger partial charge >= 0.3 is 5.97 Å². The predicted molar refractivity (Wildman–Crippen MR) is 98.1 cm³/mol. The number of rotatable bonds is 5. The lowest BCUT2D eigenvalue weighted by atomic mass is 10.1. The topological polar surface area (TPSA) is 103 Å². The number of benzene rings is 2. The second-order valence-electron chi connectivity index (χ2n) is 6.04. The smallest absolute Gasteiger partial charge is 0.327 e. The third-order valence-corrected chi connectivity index (χ3v) is 4.14. The molecule has 0 unspecified atom stereocenters. The van der Waals surface area contributed by atoms with Crippen molar-refractivity contribution in [3.63, 3.8) is 0 Å². The number of ether oxygens (including phenoxy) is 1. The Morgan fingerprint density at radius 1 is 1.11 bits per heavy atom. The lowest BCUT2D eigenvalue weighted by Gasteiger charge is -2.08. The third kappa shape index (κ3) is 4.17. The summed E-state index contributed by atoms with van der Waals surface area (Å²) in [5, 5.41) is 10.5. The second-order valence-corrected chi connectivity index (χ2v) is 6.04. The van der Waals surface area contributed by atoms with Gasteiger partial charge < -0.3 is 10.1 Å². The minimum absolute atomic E-state index is 0.318. The normalized spacial score (nSPS) is 10.6. The molecule has 0 fully saturated rings. The average molecular weight is 366 g/mol. The van der Waals surface area contributed by atoms with Crippen LogP contribution >= 0.6 is 0 Å². The zero-order chi connectivity index (χ0) is 19.4. The van der Waals surface area contributed by atoms with Gasteiger partial charge in [0, 0.05) is 5.56 Å². The molecule has 0 aliphatic carbocycles. The van der Waals surface area contributed by atoms with E-state index >= 15 is 0 Å². The Morgan fingerprint density at radius 3 is 2.67 bits per heavy atom. The molecule has 0 atom stereocenters. The molecule has 3 rings (SSSR count). The maximum Gasteiger partial charge on any atom is 0.327 e. The highest BCUT2D eigenvalue weighted by atomic mass is 16.5. The first-order chi connectivity index (χ1) is 13.0. The number of aromatic nitrogens is 3. The summed E-state index contributed by atoms with van der Waals surface area (Å²) in [6, 6.07) is 12.0. The highest BCUT2D eigenvalue weighted by Crippen LogP contribution is 2.09. The Bertz CT molecular complexity index is 1070. The summed E-state index contributed by atoms with van der Waals surface area (Å²) in [6.45, 7) is 3.16. The fourth-order valence-corrected chi connectivity index (χ4v) is 2.43. The Morgan fingerprint density at radius 2 is 1.89 bits per heavy atom. The van der Waals surface area contributed by atoms with Crippen molar-refractivity contribution >= 4 is 22.8 Å². The molecule has 0 spiro atoms. The van der Waals surface area contributed by atoms with Gasteiger partial charge in [-0.15, -0.1) is 5.10 Å². The fourth-order valence-electron chi connectivity index (χ4n) is 2.43. The van der Waals surface area contributed by atoms with Gasteiger partial charge in [0.1, 0.15) is 12.1 Å². The molecule has 138 valence electrons. The van der Waals surface area contributed by atoms with Crippen molar-refractivity contribution in [1.29, 1.82) is 0 Å². The molecule has 1 heterocycles. The van der Waals surface area contributed by atoms with Gasteiger partial charge in [0.05, 0.1) is 5.39 Å². The van der Waals surface area contributed by atoms with E-state index in [0.717, 1.165) is 15.8 Å². The van der Waals surface area contributed by atoms with Crippen molar-refractivity contribution in [1.82, 2.24) is 20.3 Å². The number of amides is 1. The summed E-state index contributed by atoms with van der Waals surface area (Å²) in [4.78, 5) is 36.2. The molecular formula is C19H18N4O4. The molecule has 1 aromatic heterocycles. The number of hydrogen-bond donors (Lipinski definition) is 1. The average Bonchev–Trinajstić information content (AvgIpc) is 2.68. The number of hydrogen-bond acceptors (Lipinski definition) is 6. The lowest BCUT2D eigenvalue weighted by molar-refractivity contribution is -0.146. The predicted octanol–water partition coefficient (Wildman–Crippen LogP) is 1.34. The van der Waals surface area contributed by atoms with Gasteiger partial charge in [-0.1, -0.05) is 23.4 Å². The molecule has 0 aliphatic heterocycles. The van der Waals surface area contributed by atoms with Crippen LogP contribution < -0.4 is 10.9 Å². The molecule has 8 nitrogen and oxygen atoms in total. The number of aryl methyl sites for hydroxylation is 2. The van der Waals surface area contributed by atoms with Crippen LogP contribution in [0.3, 0.4) is 0 Å². The van der Waals surface area contributed by atoms with Gasteiger partial charge in [-0.2, -0.15) is 4.68 Å². The summed E-state index contributed by atoms with van der Waals surface area (Å²) >= 11 is 0. The number of esters is 1. The summed E-state index contributed by atoms with van der Waals surface area (Å²) in [5.41, 5.74) is 2.58. The molecule has 1 N–H and O–H groups in total. The van der Waals surface area contributed by atoms with E-state index in [4.69, 9.17) is 4.74 Å². The Balaban J connectivity index is 1.57. The monoisotopic (exact) mass is 366 g/mol. The number of fused-ring (bicyclic) bond motifs is 1. The van der Waals surface area contributed by atoms with Crippen LogP contribution in [0.5, 0.6) is 0 Å². The van der Waals surface area contributed by atoms with Gasteiger partial charge in [0.2, 0.25) is 0 Å². The quantitative estimate of drug-likeness (QED) is 0.684. The van der Waals surface area contributed by atoms with E-state index in [2.05, 4.69) is 15.6 Å². The van der Waals surface area contributed by atoms with Crippen LogP contribution in [0.2, 0.25) is 0 Å². The first-order valence-electron chi connectivity index (χ1n) is 8.29. The van der Waals surface area contributed by atoms with Gasteiger partial charge in [0.15, 0.2) is 6.73 Å². The molecule has 2 aromatic carbocycles. The third-order valence-electron chi connectivity index (χ3n) is 4.14. The highest BCUT2D eigenvalue weighted by Gasteiger charge is 2.11. The van der Waals surface area contributed by atoms with E-state index in [9.17, 15) is 14.4 Å². The first-order valence-corrected chi connectivity index (χ1v) is 8.29. The van der Waals surface area contributed by atoms with Crippen molar-refractivity contribution in [2.45, 2.75) is 20.6 Å². The van der Waals surface area contributed by atoms with Crippen molar-refractivity contribution in [3.8, 4) is 0 Å². The minimum atomic E-state index is -0.686. The Kier molecular flexibility index (Phi) is 5.25. The first kappa shape index (κ1) is 18.2. The number of nitrogens with zero attached hydrogens (tertiary/aromatic N) is 3. The standard InChI is InChI=1S/C19H18N4O4/c1-12-7-8-14(9-13(12)2)18(25)20-10-17(24)27-11-23-19(26)15-5-3-4-6-16(15)21-22-23/h3-9H,10-11H2,1-2H3,(H,20,25). The van der Waals surface area contributed by atoms with Crippen LogP contribution in [0.25, 0.3) is 10.9 Å². The maximum atomic E-state index is 12.3. The molecular weight excluding hydrogens is 348 g/mol. The number of carbonyl (C=O) groups is 2. The van der Waals surface area contributed by atoms with E-state index in [-0.39, 0.29) is 19.2 Å². The summed E-state index contributed by atoms with van der Waals surface area (Å²) < 4.78 is 5.94. The Labute approximate surface area is 154 Å². The molecule has 8 heteroatoms. The highest BCUT2D eigenvalue weighted by molar-refractivity contribution is 5.96. The zero-order valence-electron chi connectivity index (χ0n) is 14.9. The number of carbonyl (C=O) groups excluding carboxylic acids is 2. The molecule has 1 amide bonds. The molecule has 27 heavy (non-hydrogen) atoms. The van der Waals surface area contributed by atoms with Gasteiger partial charge in [-0.25, -0.2) is 0 Å². The molecule has 0 saturated heterocycles. The van der Waals surface area contributed by atoms with Crippen molar-refractivity contribution in [2.24, 2.45) is 0 Å². The van der Waals surface area contributed by atoms with Crippen LogP contribution in [-0.4, -0.2) is 33.4 Å². The SMILES string of the molecule is Cc1ccc(C(=O)NCC(=O)OCn2nnc3ccccc3c2=O)cc1C. The van der Waals surface area contributed by atoms with Crippen molar-refractivity contribution < 1.29 is 14.3 Å². The van der Waals surface area contributed by atoms with Crippen LogP contribution in [0.15, 0.2) is 47.3 Å². The second kappa shape index (κ2) is 7.77. The van der Waals surface area contributed by atoms with Gasteiger partial charge in [-0.3, -0.25) is 14.4 Å².